The minimum absolute atomic E-state index is 0.0188. The summed E-state index contributed by atoms with van der Waals surface area (Å²) in [6.45, 7) is 5.82. The molecule has 2 aromatic carbocycles. The number of piperidine rings is 1. The Morgan fingerprint density at radius 1 is 1.22 bits per heavy atom. The Kier molecular flexibility index (Phi) is 9.50. The number of carbonyl (C=O) groups is 2. The van der Waals surface area contributed by atoms with E-state index in [9.17, 15) is 9.59 Å². The zero-order valence-electron chi connectivity index (χ0n) is 20.6. The number of halogens is 2. The molecule has 3 N–H and O–H groups in total. The van der Waals surface area contributed by atoms with Gasteiger partial charge >= 0.3 is 0 Å². The molecule has 2 amide bonds. The Morgan fingerprint density at radius 3 is 2.65 bits per heavy atom. The van der Waals surface area contributed by atoms with E-state index in [1.807, 2.05) is 52.1 Å². The Hall–Kier alpha value is -2.14. The molecule has 7 nitrogen and oxygen atoms in total. The summed E-state index contributed by atoms with van der Waals surface area (Å²) in [7, 11) is 0. The number of benzene rings is 2. The highest BCUT2D eigenvalue weighted by Gasteiger charge is 2.28. The summed E-state index contributed by atoms with van der Waals surface area (Å²) in [6, 6.07) is 12.8. The first kappa shape index (κ1) is 27.9. The molecule has 196 valence electrons. The van der Waals surface area contributed by atoms with Crippen LogP contribution in [0.4, 0.5) is 5.69 Å². The molecule has 1 atom stereocenters. The van der Waals surface area contributed by atoms with E-state index in [1.165, 1.54) is 23.3 Å². The van der Waals surface area contributed by atoms with Crippen LogP contribution in [0.3, 0.4) is 0 Å². The molecular formula is C26H29Cl2N5O2S2. The molecule has 37 heavy (non-hydrogen) atoms. The van der Waals surface area contributed by atoms with Crippen molar-refractivity contribution >= 4 is 64.0 Å². The van der Waals surface area contributed by atoms with Crippen molar-refractivity contribution in [1.29, 1.82) is 0 Å². The lowest BCUT2D eigenvalue weighted by Gasteiger charge is -2.37. The van der Waals surface area contributed by atoms with E-state index in [-0.39, 0.29) is 17.9 Å². The summed E-state index contributed by atoms with van der Waals surface area (Å²) in [4.78, 5) is 31.6. The molecular weight excluding hydrogens is 549 g/mol. The van der Waals surface area contributed by atoms with Gasteiger partial charge in [-0.05, 0) is 49.6 Å². The summed E-state index contributed by atoms with van der Waals surface area (Å²) in [6.07, 6.45) is 1.76. The van der Waals surface area contributed by atoms with E-state index in [4.69, 9.17) is 33.9 Å². The van der Waals surface area contributed by atoms with Gasteiger partial charge in [0.15, 0.2) is 4.34 Å². The van der Waals surface area contributed by atoms with Crippen molar-refractivity contribution in [2.75, 3.05) is 18.4 Å². The maximum Gasteiger partial charge on any atom is 0.240 e. The average molecular weight is 579 g/mol. The number of aromatic nitrogens is 1. The monoisotopic (exact) mass is 577 g/mol. The fourth-order valence-electron chi connectivity index (χ4n) is 4.13. The summed E-state index contributed by atoms with van der Waals surface area (Å²) in [5.74, 6) is -0.225. The molecule has 11 heteroatoms. The summed E-state index contributed by atoms with van der Waals surface area (Å²) in [5.41, 5.74) is 9.13. The molecule has 0 aliphatic carbocycles. The number of nitrogens with zero attached hydrogens (tertiary/aromatic N) is 3. The van der Waals surface area contributed by atoms with Gasteiger partial charge in [0.2, 0.25) is 11.8 Å². The molecule has 3 aromatic rings. The third-order valence-corrected chi connectivity index (χ3v) is 8.97. The van der Waals surface area contributed by atoms with Gasteiger partial charge in [0, 0.05) is 61.2 Å². The van der Waals surface area contributed by atoms with Crippen molar-refractivity contribution in [2.45, 2.75) is 49.7 Å². The number of likely N-dealkylation sites (tertiary alicyclic amines) is 1. The second-order valence-electron chi connectivity index (χ2n) is 9.05. The Bertz CT molecular complexity index is 1260. The van der Waals surface area contributed by atoms with Crippen LogP contribution >= 0.6 is 46.5 Å². The van der Waals surface area contributed by atoms with Crippen molar-refractivity contribution in [3.63, 3.8) is 0 Å². The highest BCUT2D eigenvalue weighted by molar-refractivity contribution is 7.99. The van der Waals surface area contributed by atoms with Gasteiger partial charge in [0.1, 0.15) is 0 Å². The van der Waals surface area contributed by atoms with E-state index >= 15 is 0 Å². The third-order valence-electron chi connectivity index (χ3n) is 6.09. The summed E-state index contributed by atoms with van der Waals surface area (Å²) >= 11 is 15.1. The normalized spacial score (nSPS) is 15.4. The van der Waals surface area contributed by atoms with Gasteiger partial charge in [-0.25, -0.2) is 4.98 Å². The minimum Gasteiger partial charge on any atom is -0.325 e. The largest absolute Gasteiger partial charge is 0.325 e. The van der Waals surface area contributed by atoms with Crippen LogP contribution < -0.4 is 11.1 Å². The smallest absolute Gasteiger partial charge is 0.240 e. The lowest BCUT2D eigenvalue weighted by Crippen LogP contribution is -2.43. The standard InChI is InChI=1S/C26H29Cl2N5O2S2/c1-16(29)25(35)30-20-5-3-4-19(13-20)24-15-36-26(31-24)37-33(17(2)34)21-8-10-32(11-9-21)14-18-6-7-22(27)23(28)12-18/h3-7,12-13,15-16,21H,8-11,14,29H2,1-2H3,(H,30,35)/t16-/m1/s1. The lowest BCUT2D eigenvalue weighted by atomic mass is 10.0. The topological polar surface area (TPSA) is 91.6 Å². The van der Waals surface area contributed by atoms with Crippen LogP contribution in [0.2, 0.25) is 10.0 Å². The fourth-order valence-corrected chi connectivity index (χ4v) is 6.36. The van der Waals surface area contributed by atoms with Gasteiger partial charge in [-0.3, -0.25) is 18.8 Å². The van der Waals surface area contributed by atoms with Gasteiger partial charge in [0.25, 0.3) is 0 Å². The molecule has 1 fully saturated rings. The van der Waals surface area contributed by atoms with Gasteiger partial charge < -0.3 is 11.1 Å². The second-order valence-corrected chi connectivity index (χ2v) is 11.9. The Labute approximate surface area is 235 Å². The molecule has 1 aromatic heterocycles. The molecule has 1 saturated heterocycles. The molecule has 0 bridgehead atoms. The van der Waals surface area contributed by atoms with E-state index < -0.39 is 6.04 Å². The van der Waals surface area contributed by atoms with Crippen molar-refractivity contribution < 1.29 is 9.59 Å². The molecule has 1 aliphatic heterocycles. The summed E-state index contributed by atoms with van der Waals surface area (Å²) in [5, 5.41) is 5.90. The molecule has 0 radical (unpaired) electrons. The van der Waals surface area contributed by atoms with Crippen molar-refractivity contribution in [3.05, 3.63) is 63.5 Å². The van der Waals surface area contributed by atoms with Gasteiger partial charge in [-0.15, -0.1) is 11.3 Å². The maximum atomic E-state index is 12.6. The Balaban J connectivity index is 1.37. The number of hydrogen-bond donors (Lipinski definition) is 2. The quantitative estimate of drug-likeness (QED) is 0.323. The van der Waals surface area contributed by atoms with Crippen LogP contribution in [-0.4, -0.2) is 51.2 Å². The van der Waals surface area contributed by atoms with Crippen LogP contribution in [-0.2, 0) is 16.1 Å². The molecule has 2 heterocycles. The zero-order valence-corrected chi connectivity index (χ0v) is 23.8. The third kappa shape index (κ3) is 7.46. The van der Waals surface area contributed by atoms with E-state index in [1.54, 1.807) is 13.8 Å². The van der Waals surface area contributed by atoms with E-state index in [0.717, 1.165) is 53.6 Å². The van der Waals surface area contributed by atoms with Crippen molar-refractivity contribution in [1.82, 2.24) is 14.2 Å². The zero-order chi connectivity index (χ0) is 26.5. The fraction of sp³-hybridized carbons (Fsp3) is 0.346. The number of anilines is 1. The predicted molar refractivity (Wildman–Crippen MR) is 153 cm³/mol. The molecule has 0 saturated carbocycles. The first-order chi connectivity index (χ1) is 17.7. The van der Waals surface area contributed by atoms with Crippen LogP contribution in [0, 0.1) is 0 Å². The van der Waals surface area contributed by atoms with Crippen LogP contribution in [0.25, 0.3) is 11.3 Å². The first-order valence-electron chi connectivity index (χ1n) is 12.0. The lowest BCUT2D eigenvalue weighted by molar-refractivity contribution is -0.125. The Morgan fingerprint density at radius 2 is 1.97 bits per heavy atom. The number of amides is 2. The predicted octanol–water partition coefficient (Wildman–Crippen LogP) is 5.92. The van der Waals surface area contributed by atoms with Crippen LogP contribution in [0.1, 0.15) is 32.3 Å². The highest BCUT2D eigenvalue weighted by Crippen LogP contribution is 2.34. The number of nitrogens with one attached hydrogen (secondary N) is 1. The van der Waals surface area contributed by atoms with E-state index in [2.05, 4.69) is 10.2 Å². The maximum absolute atomic E-state index is 12.6. The van der Waals surface area contributed by atoms with Gasteiger partial charge in [-0.1, -0.05) is 41.4 Å². The minimum atomic E-state index is -0.591. The number of carbonyl (C=O) groups excluding carboxylic acids is 2. The molecule has 0 unspecified atom stereocenters. The second kappa shape index (κ2) is 12.6. The van der Waals surface area contributed by atoms with Crippen LogP contribution in [0.5, 0.6) is 0 Å². The van der Waals surface area contributed by atoms with E-state index in [0.29, 0.717) is 15.7 Å². The average Bonchev–Trinajstić information content (AvgIpc) is 3.34. The molecule has 1 aliphatic rings. The molecule has 4 rings (SSSR count). The number of hydrogen-bond acceptors (Lipinski definition) is 7. The summed E-state index contributed by atoms with van der Waals surface area (Å²) < 4.78 is 2.66. The van der Waals surface area contributed by atoms with Crippen LogP contribution in [0.15, 0.2) is 52.2 Å². The molecule has 0 spiro atoms. The number of thiazole rings is 1. The van der Waals surface area contributed by atoms with Gasteiger partial charge in [-0.2, -0.15) is 0 Å². The van der Waals surface area contributed by atoms with Crippen molar-refractivity contribution in [2.24, 2.45) is 5.73 Å². The van der Waals surface area contributed by atoms with Crippen molar-refractivity contribution in [3.8, 4) is 11.3 Å². The first-order valence-corrected chi connectivity index (χ1v) is 14.4. The van der Waals surface area contributed by atoms with Gasteiger partial charge in [0.05, 0.1) is 21.8 Å². The highest BCUT2D eigenvalue weighted by atomic mass is 35.5. The number of rotatable bonds is 8. The SMILES string of the molecule is CC(=O)N(Sc1nc(-c2cccc(NC(=O)[C@@H](C)N)c2)cs1)C1CCN(Cc2ccc(Cl)c(Cl)c2)CC1. The number of nitrogens with two attached hydrogens (primary N) is 1.